The fraction of sp³-hybridized carbons (Fsp3) is 0.353. The molecule has 0 N–H and O–H groups in total. The summed E-state index contributed by atoms with van der Waals surface area (Å²) in [6.45, 7) is 7.45. The predicted octanol–water partition coefficient (Wildman–Crippen LogP) is 3.59. The van der Waals surface area contributed by atoms with Crippen molar-refractivity contribution in [3.63, 3.8) is 0 Å². The summed E-state index contributed by atoms with van der Waals surface area (Å²) in [7, 11) is -0.869. The lowest BCUT2D eigenvalue weighted by molar-refractivity contribution is 0.00578. The summed E-state index contributed by atoms with van der Waals surface area (Å²) in [6, 6.07) is 4.75. The Labute approximate surface area is 144 Å². The van der Waals surface area contributed by atoms with Gasteiger partial charge >= 0.3 is 7.12 Å². The molecule has 132 valence electrons. The molecular weight excluding hydrogens is 334 g/mol. The summed E-state index contributed by atoms with van der Waals surface area (Å²) in [4.78, 5) is 3.21. The van der Waals surface area contributed by atoms with E-state index in [2.05, 4.69) is 4.98 Å². The summed E-state index contributed by atoms with van der Waals surface area (Å²) in [5, 5.41) is 0. The zero-order valence-corrected chi connectivity index (χ0v) is 14.3. The molecule has 2 aromatic rings. The standard InChI is InChI=1S/C17H17BF3NO3/c1-16(2)17(3,4)25-18(24-16)12-6-5-11(8-13(12)20)23-14-7-10(19)9-22-15(14)21/h5-9H,1-4H3. The molecule has 1 fully saturated rings. The minimum atomic E-state index is -0.989. The summed E-state index contributed by atoms with van der Waals surface area (Å²) in [5.41, 5.74) is -1.01. The number of rotatable bonds is 3. The second-order valence-corrected chi connectivity index (χ2v) is 6.82. The number of hydrogen-bond acceptors (Lipinski definition) is 4. The van der Waals surface area contributed by atoms with E-state index in [9.17, 15) is 13.2 Å². The lowest BCUT2D eigenvalue weighted by Crippen LogP contribution is -2.41. The van der Waals surface area contributed by atoms with Gasteiger partial charge in [0.25, 0.3) is 5.95 Å². The highest BCUT2D eigenvalue weighted by molar-refractivity contribution is 6.62. The van der Waals surface area contributed by atoms with E-state index in [1.54, 1.807) is 0 Å². The molecule has 1 aliphatic rings. The fourth-order valence-electron chi connectivity index (χ4n) is 2.34. The third-order valence-corrected chi connectivity index (χ3v) is 4.48. The van der Waals surface area contributed by atoms with Crippen LogP contribution in [-0.2, 0) is 9.31 Å². The number of pyridine rings is 1. The average Bonchev–Trinajstić information content (AvgIpc) is 2.71. The number of benzene rings is 1. The van der Waals surface area contributed by atoms with Crippen molar-refractivity contribution in [2.24, 2.45) is 0 Å². The zero-order valence-electron chi connectivity index (χ0n) is 14.3. The zero-order chi connectivity index (χ0) is 18.4. The average molecular weight is 351 g/mol. The van der Waals surface area contributed by atoms with Gasteiger partial charge in [-0.3, -0.25) is 0 Å². The molecule has 0 atom stereocenters. The van der Waals surface area contributed by atoms with Gasteiger partial charge in [-0.1, -0.05) is 6.07 Å². The molecule has 0 amide bonds. The molecule has 1 saturated heterocycles. The van der Waals surface area contributed by atoms with Crippen LogP contribution in [0.3, 0.4) is 0 Å². The van der Waals surface area contributed by atoms with E-state index in [4.69, 9.17) is 14.0 Å². The monoisotopic (exact) mass is 351 g/mol. The van der Waals surface area contributed by atoms with E-state index in [0.717, 1.165) is 18.3 Å². The molecule has 1 aliphatic heterocycles. The van der Waals surface area contributed by atoms with Gasteiger partial charge < -0.3 is 14.0 Å². The lowest BCUT2D eigenvalue weighted by Gasteiger charge is -2.32. The van der Waals surface area contributed by atoms with Crippen LogP contribution in [0.15, 0.2) is 30.5 Å². The summed E-state index contributed by atoms with van der Waals surface area (Å²) in [5.74, 6) is -2.81. The van der Waals surface area contributed by atoms with Gasteiger partial charge in [0.2, 0.25) is 0 Å². The van der Waals surface area contributed by atoms with Crippen molar-refractivity contribution >= 4 is 12.6 Å². The van der Waals surface area contributed by atoms with E-state index in [-0.39, 0.29) is 11.2 Å². The van der Waals surface area contributed by atoms with Crippen molar-refractivity contribution in [2.75, 3.05) is 0 Å². The highest BCUT2D eigenvalue weighted by Gasteiger charge is 2.52. The largest absolute Gasteiger partial charge is 0.497 e. The maximum Gasteiger partial charge on any atom is 0.497 e. The Bertz CT molecular complexity index is 798. The van der Waals surface area contributed by atoms with Crippen LogP contribution in [0, 0.1) is 17.6 Å². The number of halogens is 3. The van der Waals surface area contributed by atoms with E-state index in [0.29, 0.717) is 0 Å². The van der Waals surface area contributed by atoms with Gasteiger partial charge in [0.15, 0.2) is 5.75 Å². The molecule has 0 bridgehead atoms. The van der Waals surface area contributed by atoms with E-state index in [1.807, 2.05) is 27.7 Å². The number of ether oxygens (including phenoxy) is 1. The lowest BCUT2D eigenvalue weighted by atomic mass is 9.78. The molecule has 25 heavy (non-hydrogen) atoms. The summed E-state index contributed by atoms with van der Waals surface area (Å²) in [6.07, 6.45) is 0.726. The Kier molecular flexibility index (Phi) is 4.29. The third-order valence-electron chi connectivity index (χ3n) is 4.48. The van der Waals surface area contributed by atoms with Gasteiger partial charge in [-0.15, -0.1) is 0 Å². The van der Waals surface area contributed by atoms with Gasteiger partial charge in [-0.2, -0.15) is 4.39 Å². The van der Waals surface area contributed by atoms with Gasteiger partial charge in [-0.25, -0.2) is 13.8 Å². The van der Waals surface area contributed by atoms with Crippen LogP contribution in [0.2, 0.25) is 0 Å². The Morgan fingerprint density at radius 2 is 1.64 bits per heavy atom. The fourth-order valence-corrected chi connectivity index (χ4v) is 2.34. The molecule has 1 aromatic heterocycles. The third kappa shape index (κ3) is 3.36. The number of nitrogens with zero attached hydrogens (tertiary/aromatic N) is 1. The van der Waals surface area contributed by atoms with Crippen LogP contribution >= 0.6 is 0 Å². The number of aromatic nitrogens is 1. The van der Waals surface area contributed by atoms with Crippen molar-refractivity contribution in [3.8, 4) is 11.5 Å². The van der Waals surface area contributed by atoms with Gasteiger partial charge in [0.1, 0.15) is 17.4 Å². The second-order valence-electron chi connectivity index (χ2n) is 6.82. The van der Waals surface area contributed by atoms with Crippen LogP contribution in [0.1, 0.15) is 27.7 Å². The molecule has 2 heterocycles. The quantitative estimate of drug-likeness (QED) is 0.626. The summed E-state index contributed by atoms with van der Waals surface area (Å²) >= 11 is 0. The first-order valence-electron chi connectivity index (χ1n) is 7.73. The smallest absolute Gasteiger partial charge is 0.452 e. The first kappa shape index (κ1) is 17.8. The van der Waals surface area contributed by atoms with Gasteiger partial charge in [0.05, 0.1) is 17.4 Å². The van der Waals surface area contributed by atoms with E-state index >= 15 is 0 Å². The van der Waals surface area contributed by atoms with Gasteiger partial charge in [0, 0.05) is 17.6 Å². The molecular formula is C17H17BF3NO3. The highest BCUT2D eigenvalue weighted by atomic mass is 19.1. The molecule has 8 heteroatoms. The summed E-state index contributed by atoms with van der Waals surface area (Å²) < 4.78 is 57.9. The highest BCUT2D eigenvalue weighted by Crippen LogP contribution is 2.37. The van der Waals surface area contributed by atoms with Crippen molar-refractivity contribution in [1.29, 1.82) is 0 Å². The number of hydrogen-bond donors (Lipinski definition) is 0. The Hall–Kier alpha value is -2.06. The Balaban J connectivity index is 1.84. The maximum atomic E-state index is 14.5. The molecule has 0 unspecified atom stereocenters. The molecule has 4 nitrogen and oxygen atoms in total. The van der Waals surface area contributed by atoms with Crippen molar-refractivity contribution in [1.82, 2.24) is 4.98 Å². The normalized spacial score (nSPS) is 18.4. The van der Waals surface area contributed by atoms with Crippen LogP contribution in [-0.4, -0.2) is 23.3 Å². The van der Waals surface area contributed by atoms with Crippen LogP contribution in [0.25, 0.3) is 0 Å². The molecule has 3 rings (SSSR count). The molecule has 0 radical (unpaired) electrons. The first-order valence-corrected chi connectivity index (χ1v) is 7.73. The Morgan fingerprint density at radius 3 is 2.24 bits per heavy atom. The second kappa shape index (κ2) is 6.03. The molecule has 0 saturated carbocycles. The molecule has 0 aliphatic carbocycles. The van der Waals surface area contributed by atoms with Crippen LogP contribution < -0.4 is 10.2 Å². The van der Waals surface area contributed by atoms with Crippen molar-refractivity contribution < 1.29 is 27.2 Å². The van der Waals surface area contributed by atoms with Crippen molar-refractivity contribution in [2.45, 2.75) is 38.9 Å². The minimum Gasteiger partial charge on any atom is -0.452 e. The topological polar surface area (TPSA) is 40.6 Å². The Morgan fingerprint density at radius 1 is 1.00 bits per heavy atom. The molecule has 1 aromatic carbocycles. The van der Waals surface area contributed by atoms with Crippen molar-refractivity contribution in [3.05, 3.63) is 48.0 Å². The SMILES string of the molecule is CC1(C)OB(c2ccc(Oc3cc(F)cnc3F)cc2F)OC1(C)C. The molecule has 0 spiro atoms. The maximum absolute atomic E-state index is 14.5. The van der Waals surface area contributed by atoms with Crippen LogP contribution in [0.4, 0.5) is 13.2 Å². The van der Waals surface area contributed by atoms with E-state index in [1.165, 1.54) is 12.1 Å². The van der Waals surface area contributed by atoms with E-state index < -0.39 is 41.7 Å². The minimum absolute atomic E-state index is 0.00377. The van der Waals surface area contributed by atoms with Crippen LogP contribution in [0.5, 0.6) is 11.5 Å². The predicted molar refractivity (Wildman–Crippen MR) is 86.3 cm³/mol. The first-order chi connectivity index (χ1) is 11.6. The van der Waals surface area contributed by atoms with Gasteiger partial charge in [-0.05, 0) is 33.8 Å².